The van der Waals surface area contributed by atoms with Gasteiger partial charge in [-0.15, -0.1) is 0 Å². The highest BCUT2D eigenvalue weighted by molar-refractivity contribution is 5.28. The van der Waals surface area contributed by atoms with Crippen molar-refractivity contribution in [1.82, 2.24) is 5.48 Å². The molecule has 1 aromatic rings. The minimum absolute atomic E-state index is 0.301. The summed E-state index contributed by atoms with van der Waals surface area (Å²) in [6, 6.07) is 10.9. The molecule has 1 aromatic carbocycles. The van der Waals surface area contributed by atoms with Gasteiger partial charge in [-0.2, -0.15) is 0 Å². The summed E-state index contributed by atoms with van der Waals surface area (Å²) >= 11 is 0. The number of nitrogens with one attached hydrogen (secondary N) is 1. The van der Waals surface area contributed by atoms with Crippen LogP contribution in [0.25, 0.3) is 0 Å². The summed E-state index contributed by atoms with van der Waals surface area (Å²) < 4.78 is 0. The van der Waals surface area contributed by atoms with Crippen LogP contribution in [0.15, 0.2) is 30.3 Å². The molecule has 80 valence electrons. The van der Waals surface area contributed by atoms with Crippen LogP contribution in [-0.4, -0.2) is 12.6 Å². The first-order chi connectivity index (χ1) is 7.31. The molecular formula is C13H17NO. The maximum atomic E-state index is 5.54. The van der Waals surface area contributed by atoms with Crippen molar-refractivity contribution in [3.05, 3.63) is 35.9 Å². The summed E-state index contributed by atoms with van der Waals surface area (Å²) in [6.07, 6.45) is 2.85. The quantitative estimate of drug-likeness (QED) is 0.756. The maximum Gasteiger partial charge on any atom is 0.0840 e. The van der Waals surface area contributed by atoms with Crippen LogP contribution in [0.3, 0.4) is 0 Å². The maximum absolute atomic E-state index is 5.54. The Morgan fingerprint density at radius 1 is 1.33 bits per heavy atom. The highest BCUT2D eigenvalue weighted by Crippen LogP contribution is 2.47. The van der Waals surface area contributed by atoms with Gasteiger partial charge in [0.1, 0.15) is 0 Å². The minimum atomic E-state index is 0.301. The molecule has 2 nitrogen and oxygen atoms in total. The molecule has 0 aromatic heterocycles. The van der Waals surface area contributed by atoms with Crippen LogP contribution >= 0.6 is 0 Å². The van der Waals surface area contributed by atoms with Crippen LogP contribution in [0, 0.1) is 5.92 Å². The third-order valence-corrected chi connectivity index (χ3v) is 4.19. The molecule has 2 aliphatic rings. The van der Waals surface area contributed by atoms with Gasteiger partial charge in [-0.3, -0.25) is 4.84 Å². The van der Waals surface area contributed by atoms with E-state index < -0.39 is 0 Å². The zero-order chi connectivity index (χ0) is 10.3. The molecule has 15 heavy (non-hydrogen) atoms. The van der Waals surface area contributed by atoms with E-state index in [9.17, 15) is 0 Å². The van der Waals surface area contributed by atoms with Crippen molar-refractivity contribution in [3.8, 4) is 0 Å². The lowest BCUT2D eigenvalue weighted by Gasteiger charge is -2.30. The molecule has 3 atom stereocenters. The number of hydrogen-bond donors (Lipinski definition) is 1. The fourth-order valence-electron chi connectivity index (χ4n) is 3.16. The molecule has 1 heterocycles. The molecule has 2 heteroatoms. The van der Waals surface area contributed by atoms with E-state index in [0.29, 0.717) is 17.4 Å². The van der Waals surface area contributed by atoms with Crippen molar-refractivity contribution >= 4 is 0 Å². The monoisotopic (exact) mass is 203 g/mol. The molecule has 0 spiro atoms. The summed E-state index contributed by atoms with van der Waals surface area (Å²) in [5, 5.41) is 0. The van der Waals surface area contributed by atoms with Gasteiger partial charge in [-0.1, -0.05) is 37.3 Å². The Kier molecular flexibility index (Phi) is 2.08. The lowest BCUT2D eigenvalue weighted by Crippen LogP contribution is -2.31. The largest absolute Gasteiger partial charge is 0.298 e. The lowest BCUT2D eigenvalue weighted by molar-refractivity contribution is 0.0288. The Bertz CT molecular complexity index is 351. The summed E-state index contributed by atoms with van der Waals surface area (Å²) in [6.45, 7) is 3.37. The Morgan fingerprint density at radius 2 is 2.13 bits per heavy atom. The molecule has 1 aliphatic heterocycles. The van der Waals surface area contributed by atoms with Crippen molar-refractivity contribution in [2.75, 3.05) is 6.54 Å². The lowest BCUT2D eigenvalue weighted by atomic mass is 9.74. The molecule has 0 radical (unpaired) electrons. The van der Waals surface area contributed by atoms with Gasteiger partial charge in [0, 0.05) is 12.5 Å². The third kappa shape index (κ3) is 1.32. The molecule has 2 fully saturated rings. The second-order valence-electron chi connectivity index (χ2n) is 4.93. The van der Waals surface area contributed by atoms with E-state index in [-0.39, 0.29) is 0 Å². The van der Waals surface area contributed by atoms with Crippen LogP contribution in [0.2, 0.25) is 0 Å². The number of benzene rings is 1. The van der Waals surface area contributed by atoms with Gasteiger partial charge >= 0.3 is 0 Å². The summed E-state index contributed by atoms with van der Waals surface area (Å²) in [5.74, 6) is 0.639. The van der Waals surface area contributed by atoms with Gasteiger partial charge in [0.25, 0.3) is 0 Å². The number of fused-ring (bicyclic) bond motifs is 1. The van der Waals surface area contributed by atoms with E-state index in [1.807, 2.05) is 0 Å². The molecule has 0 bridgehead atoms. The van der Waals surface area contributed by atoms with Gasteiger partial charge < -0.3 is 0 Å². The Morgan fingerprint density at radius 3 is 2.93 bits per heavy atom. The standard InChI is InChI=1S/C13H17NO/c1-13(10-5-3-2-4-6-10)8-7-12-11(13)9-14-15-12/h2-6,11-12,14H,7-9H2,1H3. The first kappa shape index (κ1) is 9.37. The Hall–Kier alpha value is -0.860. The van der Waals surface area contributed by atoms with E-state index in [2.05, 4.69) is 42.7 Å². The normalized spacial score (nSPS) is 39.3. The Balaban J connectivity index is 1.97. The van der Waals surface area contributed by atoms with Crippen LogP contribution in [-0.2, 0) is 10.3 Å². The molecule has 1 aliphatic carbocycles. The molecule has 1 saturated carbocycles. The second-order valence-corrected chi connectivity index (χ2v) is 4.93. The van der Waals surface area contributed by atoms with Crippen molar-refractivity contribution < 1.29 is 4.84 Å². The number of hydroxylamine groups is 1. The topological polar surface area (TPSA) is 21.3 Å². The van der Waals surface area contributed by atoms with Crippen molar-refractivity contribution in [2.24, 2.45) is 5.92 Å². The summed E-state index contributed by atoms with van der Waals surface area (Å²) in [5.41, 5.74) is 4.81. The average molecular weight is 203 g/mol. The summed E-state index contributed by atoms with van der Waals surface area (Å²) in [4.78, 5) is 5.54. The zero-order valence-electron chi connectivity index (χ0n) is 9.07. The zero-order valence-corrected chi connectivity index (χ0v) is 9.07. The number of hydrogen-bond acceptors (Lipinski definition) is 2. The smallest absolute Gasteiger partial charge is 0.0840 e. The van der Waals surface area contributed by atoms with Crippen LogP contribution in [0.4, 0.5) is 0 Å². The molecular weight excluding hydrogens is 186 g/mol. The highest BCUT2D eigenvalue weighted by Gasteiger charge is 2.49. The fourth-order valence-corrected chi connectivity index (χ4v) is 3.16. The highest BCUT2D eigenvalue weighted by atomic mass is 16.7. The van der Waals surface area contributed by atoms with E-state index in [0.717, 1.165) is 6.54 Å². The van der Waals surface area contributed by atoms with Crippen molar-refractivity contribution in [2.45, 2.75) is 31.3 Å². The predicted octanol–water partition coefficient (Wildman–Crippen LogP) is 2.26. The second kappa shape index (κ2) is 3.32. The van der Waals surface area contributed by atoms with Gasteiger partial charge in [0.2, 0.25) is 0 Å². The number of rotatable bonds is 1. The molecule has 1 saturated heterocycles. The SMILES string of the molecule is CC1(c2ccccc2)CCC2ONCC21. The third-order valence-electron chi connectivity index (χ3n) is 4.19. The van der Waals surface area contributed by atoms with Gasteiger partial charge in [0.05, 0.1) is 6.10 Å². The molecule has 1 N–H and O–H groups in total. The molecule has 3 rings (SSSR count). The van der Waals surface area contributed by atoms with Gasteiger partial charge in [-0.05, 0) is 23.8 Å². The average Bonchev–Trinajstić information content (AvgIpc) is 2.85. The van der Waals surface area contributed by atoms with Crippen LogP contribution in [0.5, 0.6) is 0 Å². The van der Waals surface area contributed by atoms with Crippen LogP contribution < -0.4 is 5.48 Å². The Labute approximate surface area is 90.6 Å². The summed E-state index contributed by atoms with van der Waals surface area (Å²) in [7, 11) is 0. The van der Waals surface area contributed by atoms with E-state index in [1.165, 1.54) is 18.4 Å². The first-order valence-corrected chi connectivity index (χ1v) is 5.75. The molecule has 3 unspecified atom stereocenters. The fraction of sp³-hybridized carbons (Fsp3) is 0.538. The van der Waals surface area contributed by atoms with E-state index in [4.69, 9.17) is 4.84 Å². The van der Waals surface area contributed by atoms with Crippen molar-refractivity contribution in [1.29, 1.82) is 0 Å². The van der Waals surface area contributed by atoms with E-state index >= 15 is 0 Å². The predicted molar refractivity (Wildman–Crippen MR) is 59.4 cm³/mol. The van der Waals surface area contributed by atoms with Crippen LogP contribution in [0.1, 0.15) is 25.3 Å². The van der Waals surface area contributed by atoms with Gasteiger partial charge in [-0.25, -0.2) is 5.48 Å². The first-order valence-electron chi connectivity index (χ1n) is 5.75. The van der Waals surface area contributed by atoms with Crippen molar-refractivity contribution in [3.63, 3.8) is 0 Å². The minimum Gasteiger partial charge on any atom is -0.298 e. The van der Waals surface area contributed by atoms with E-state index in [1.54, 1.807) is 0 Å². The van der Waals surface area contributed by atoms with Gasteiger partial charge in [0.15, 0.2) is 0 Å². The molecule has 0 amide bonds.